The molecule has 0 heterocycles. The van der Waals surface area contributed by atoms with Crippen LogP contribution >= 0.6 is 11.8 Å². The minimum Gasteiger partial charge on any atom is -0.394 e. The number of aliphatic hydroxyl groups is 1. The molecule has 3 nitrogen and oxygen atoms in total. The number of nitrogens with one attached hydrogen (secondary N) is 1. The Hall–Kier alpha value is -1.21. The summed E-state index contributed by atoms with van der Waals surface area (Å²) in [6.07, 6.45) is 0.574. The van der Waals surface area contributed by atoms with Gasteiger partial charge in [-0.1, -0.05) is 6.92 Å². The third kappa shape index (κ3) is 5.52. The lowest BCUT2D eigenvalue weighted by atomic mass is 10.2. The predicted molar refractivity (Wildman–Crippen MR) is 67.0 cm³/mol. The molecule has 0 fully saturated rings. The molecule has 0 spiro atoms. The smallest absolute Gasteiger partial charge is 0.394 e. The van der Waals surface area contributed by atoms with Gasteiger partial charge >= 0.3 is 5.51 Å². The van der Waals surface area contributed by atoms with E-state index in [-0.39, 0.29) is 34.9 Å². The van der Waals surface area contributed by atoms with Crippen LogP contribution < -0.4 is 5.32 Å². The molecular formula is C12H14F3NO2S. The molecule has 0 aromatic heterocycles. The standard InChI is InChI=1S/C12H14F3NO2S/c1-2-9(7-17)16-11(18)8-3-5-10(6-4-8)19-12(13,14)15/h3-6,9,17H,2,7H2,1H3,(H,16,18). The van der Waals surface area contributed by atoms with E-state index in [2.05, 4.69) is 5.32 Å². The molecule has 0 saturated carbocycles. The van der Waals surface area contributed by atoms with Crippen molar-refractivity contribution in [1.82, 2.24) is 5.32 Å². The highest BCUT2D eigenvalue weighted by Crippen LogP contribution is 2.36. The van der Waals surface area contributed by atoms with Gasteiger partial charge in [0.1, 0.15) is 0 Å². The van der Waals surface area contributed by atoms with Gasteiger partial charge in [-0.2, -0.15) is 13.2 Å². The fourth-order valence-corrected chi connectivity index (χ4v) is 1.89. The average Bonchev–Trinajstić information content (AvgIpc) is 2.34. The summed E-state index contributed by atoms with van der Waals surface area (Å²) in [7, 11) is 0. The Balaban J connectivity index is 2.68. The first-order chi connectivity index (χ1) is 8.85. The summed E-state index contributed by atoms with van der Waals surface area (Å²) in [4.78, 5) is 11.7. The first-order valence-corrected chi connectivity index (χ1v) is 6.45. The molecule has 1 atom stereocenters. The highest BCUT2D eigenvalue weighted by molar-refractivity contribution is 8.00. The lowest BCUT2D eigenvalue weighted by Gasteiger charge is -2.14. The van der Waals surface area contributed by atoms with Crippen molar-refractivity contribution in [2.24, 2.45) is 0 Å². The van der Waals surface area contributed by atoms with Gasteiger partial charge in [0.2, 0.25) is 0 Å². The van der Waals surface area contributed by atoms with E-state index in [1.165, 1.54) is 24.3 Å². The first-order valence-electron chi connectivity index (χ1n) is 5.63. The van der Waals surface area contributed by atoms with Gasteiger partial charge in [0.25, 0.3) is 5.91 Å². The average molecular weight is 293 g/mol. The van der Waals surface area contributed by atoms with Crippen molar-refractivity contribution in [3.8, 4) is 0 Å². The molecule has 1 amide bonds. The topological polar surface area (TPSA) is 49.3 Å². The number of thioether (sulfide) groups is 1. The second-order valence-electron chi connectivity index (χ2n) is 3.83. The quantitative estimate of drug-likeness (QED) is 0.821. The van der Waals surface area contributed by atoms with Crippen LogP contribution in [0.15, 0.2) is 29.2 Å². The molecule has 1 rings (SSSR count). The Morgan fingerprint density at radius 1 is 1.37 bits per heavy atom. The Morgan fingerprint density at radius 3 is 2.37 bits per heavy atom. The van der Waals surface area contributed by atoms with Crippen LogP contribution in [-0.2, 0) is 0 Å². The Kier molecular flexibility index (Phi) is 5.68. The molecule has 19 heavy (non-hydrogen) atoms. The van der Waals surface area contributed by atoms with Crippen LogP contribution in [0.2, 0.25) is 0 Å². The molecule has 0 saturated heterocycles. The van der Waals surface area contributed by atoms with Crippen LogP contribution in [0.25, 0.3) is 0 Å². The van der Waals surface area contributed by atoms with Gasteiger partial charge in [-0.15, -0.1) is 0 Å². The summed E-state index contributed by atoms with van der Waals surface area (Å²) in [6.45, 7) is 1.63. The van der Waals surface area contributed by atoms with Crippen molar-refractivity contribution in [3.05, 3.63) is 29.8 Å². The van der Waals surface area contributed by atoms with E-state index in [0.717, 1.165) is 0 Å². The number of hydrogen-bond donors (Lipinski definition) is 2. The predicted octanol–water partition coefficient (Wildman–Crippen LogP) is 2.80. The van der Waals surface area contributed by atoms with E-state index < -0.39 is 11.4 Å². The molecule has 0 aliphatic carbocycles. The number of aliphatic hydroxyl groups excluding tert-OH is 1. The van der Waals surface area contributed by atoms with Gasteiger partial charge in [0, 0.05) is 10.5 Å². The molecule has 1 aromatic carbocycles. The fourth-order valence-electron chi connectivity index (χ4n) is 1.35. The zero-order valence-electron chi connectivity index (χ0n) is 10.2. The van der Waals surface area contributed by atoms with E-state index in [1.54, 1.807) is 0 Å². The lowest BCUT2D eigenvalue weighted by Crippen LogP contribution is -2.36. The molecule has 7 heteroatoms. The zero-order valence-corrected chi connectivity index (χ0v) is 11.0. The maximum absolute atomic E-state index is 12.1. The van der Waals surface area contributed by atoms with Crippen molar-refractivity contribution in [1.29, 1.82) is 0 Å². The van der Waals surface area contributed by atoms with Crippen LogP contribution in [0.4, 0.5) is 13.2 Å². The molecule has 0 aliphatic heterocycles. The second kappa shape index (κ2) is 6.81. The minimum atomic E-state index is -4.34. The number of hydrogen-bond acceptors (Lipinski definition) is 3. The van der Waals surface area contributed by atoms with Crippen LogP contribution in [0.3, 0.4) is 0 Å². The molecular weight excluding hydrogens is 279 g/mol. The van der Waals surface area contributed by atoms with Crippen molar-refractivity contribution in [3.63, 3.8) is 0 Å². The molecule has 106 valence electrons. The van der Waals surface area contributed by atoms with Crippen LogP contribution in [0.5, 0.6) is 0 Å². The molecule has 0 bridgehead atoms. The van der Waals surface area contributed by atoms with Crippen molar-refractivity contribution in [2.75, 3.05) is 6.61 Å². The fraction of sp³-hybridized carbons (Fsp3) is 0.417. The highest BCUT2D eigenvalue weighted by atomic mass is 32.2. The summed E-state index contributed by atoms with van der Waals surface area (Å²) >= 11 is -0.228. The summed E-state index contributed by atoms with van der Waals surface area (Å²) in [5.41, 5.74) is -4.08. The first kappa shape index (κ1) is 15.8. The maximum Gasteiger partial charge on any atom is 0.446 e. The monoisotopic (exact) mass is 293 g/mol. The minimum absolute atomic E-state index is 0.0262. The van der Waals surface area contributed by atoms with Crippen molar-refractivity contribution in [2.45, 2.75) is 29.8 Å². The normalized spacial score (nSPS) is 13.1. The van der Waals surface area contributed by atoms with Crippen LogP contribution in [0.1, 0.15) is 23.7 Å². The Bertz CT molecular complexity index is 416. The van der Waals surface area contributed by atoms with Gasteiger partial charge in [0.05, 0.1) is 12.6 Å². The number of alkyl halides is 3. The molecule has 2 N–H and O–H groups in total. The van der Waals surface area contributed by atoms with E-state index in [1.807, 2.05) is 6.92 Å². The summed E-state index contributed by atoms with van der Waals surface area (Å²) in [5.74, 6) is -0.413. The van der Waals surface area contributed by atoms with Crippen LogP contribution in [0, 0.1) is 0 Å². The Morgan fingerprint density at radius 2 is 1.95 bits per heavy atom. The third-order valence-corrected chi connectivity index (χ3v) is 3.14. The van der Waals surface area contributed by atoms with Gasteiger partial charge in [-0.3, -0.25) is 4.79 Å². The van der Waals surface area contributed by atoms with Crippen LogP contribution in [-0.4, -0.2) is 29.2 Å². The van der Waals surface area contributed by atoms with Crippen molar-refractivity contribution < 1.29 is 23.1 Å². The maximum atomic E-state index is 12.1. The van der Waals surface area contributed by atoms with Crippen molar-refractivity contribution >= 4 is 17.7 Å². The summed E-state index contributed by atoms with van der Waals surface area (Å²) in [6, 6.07) is 4.79. The largest absolute Gasteiger partial charge is 0.446 e. The van der Waals surface area contributed by atoms with E-state index >= 15 is 0 Å². The second-order valence-corrected chi connectivity index (χ2v) is 4.97. The van der Waals surface area contributed by atoms with Gasteiger partial charge in [-0.05, 0) is 42.4 Å². The number of carbonyl (C=O) groups excluding carboxylic acids is 1. The van der Waals surface area contributed by atoms with Gasteiger partial charge in [-0.25, -0.2) is 0 Å². The summed E-state index contributed by atoms with van der Waals surface area (Å²) < 4.78 is 36.4. The lowest BCUT2D eigenvalue weighted by molar-refractivity contribution is -0.0328. The Labute approximate surface area is 113 Å². The summed E-state index contributed by atoms with van der Waals surface area (Å²) in [5, 5.41) is 11.5. The number of rotatable bonds is 5. The number of halogens is 3. The van der Waals surface area contributed by atoms with Gasteiger partial charge in [0.15, 0.2) is 0 Å². The highest BCUT2D eigenvalue weighted by Gasteiger charge is 2.29. The van der Waals surface area contributed by atoms with E-state index in [9.17, 15) is 18.0 Å². The van der Waals surface area contributed by atoms with E-state index in [0.29, 0.717) is 6.42 Å². The van der Waals surface area contributed by atoms with E-state index in [4.69, 9.17) is 5.11 Å². The number of amides is 1. The SMILES string of the molecule is CCC(CO)NC(=O)c1ccc(SC(F)(F)F)cc1. The van der Waals surface area contributed by atoms with Gasteiger partial charge < -0.3 is 10.4 Å². The number of benzene rings is 1. The molecule has 1 aromatic rings. The molecule has 1 unspecified atom stereocenters. The molecule has 0 radical (unpaired) electrons. The third-order valence-electron chi connectivity index (χ3n) is 2.40. The number of carbonyl (C=O) groups is 1. The molecule has 0 aliphatic rings. The zero-order chi connectivity index (χ0) is 14.5.